The van der Waals surface area contributed by atoms with Crippen molar-refractivity contribution in [1.82, 2.24) is 24.5 Å². The maximum absolute atomic E-state index is 13.1. The summed E-state index contributed by atoms with van der Waals surface area (Å²) in [6, 6.07) is 12.5. The highest BCUT2D eigenvalue weighted by Crippen LogP contribution is 2.38. The van der Waals surface area contributed by atoms with Crippen molar-refractivity contribution in [2.75, 3.05) is 37.4 Å². The molecule has 0 bridgehead atoms. The molecule has 1 saturated heterocycles. The van der Waals surface area contributed by atoms with Crippen molar-refractivity contribution >= 4 is 44.7 Å². The van der Waals surface area contributed by atoms with Gasteiger partial charge < -0.3 is 30.5 Å². The Bertz CT molecular complexity index is 1820. The maximum atomic E-state index is 13.1. The molecular weight excluding hydrogens is 622 g/mol. The number of ether oxygens (including phenoxy) is 1. The van der Waals surface area contributed by atoms with Gasteiger partial charge in [0.25, 0.3) is 0 Å². The summed E-state index contributed by atoms with van der Waals surface area (Å²) in [4.78, 5) is 24.0. The lowest BCUT2D eigenvalue weighted by molar-refractivity contribution is -0.132. The largest absolute Gasteiger partial charge is 0.495 e. The van der Waals surface area contributed by atoms with Gasteiger partial charge in [0.2, 0.25) is 17.8 Å². The second-order valence-corrected chi connectivity index (χ2v) is 14.6. The summed E-state index contributed by atoms with van der Waals surface area (Å²) in [5.41, 5.74) is 3.78. The number of sulfone groups is 1. The van der Waals surface area contributed by atoms with Gasteiger partial charge in [-0.05, 0) is 87.8 Å². The molecule has 1 aliphatic rings. The molecule has 252 valence electrons. The van der Waals surface area contributed by atoms with E-state index < -0.39 is 21.2 Å². The minimum atomic E-state index is -3.57. The lowest BCUT2D eigenvalue weighted by atomic mass is 9.86. The summed E-state index contributed by atoms with van der Waals surface area (Å²) in [5, 5.41) is 28.7. The van der Waals surface area contributed by atoms with E-state index in [1.807, 2.05) is 24.0 Å². The normalized spacial score (nSPS) is 14.8. The van der Waals surface area contributed by atoms with E-state index in [1.54, 1.807) is 57.5 Å². The Labute approximate surface area is 274 Å². The molecule has 4 N–H and O–H groups in total. The monoisotopic (exact) mass is 665 g/mol. The minimum absolute atomic E-state index is 0.0801. The highest BCUT2D eigenvalue weighted by molar-refractivity contribution is 7.92. The smallest absolute Gasteiger partial charge is 0.233 e. The van der Waals surface area contributed by atoms with Gasteiger partial charge in [-0.2, -0.15) is 19.6 Å². The highest BCUT2D eigenvalue weighted by Gasteiger charge is 2.26. The fraction of sp³-hybridized carbons (Fsp3) is 0.455. The number of para-hydroxylation sites is 1. The zero-order chi connectivity index (χ0) is 33.7. The van der Waals surface area contributed by atoms with Crippen LogP contribution in [-0.2, 0) is 14.6 Å². The number of likely N-dealkylation sites (tertiary alicyclic amines) is 1. The Hall–Kier alpha value is -4.27. The first kappa shape index (κ1) is 34.1. The molecular formula is C33H43N7O6S. The van der Waals surface area contributed by atoms with Crippen LogP contribution in [0.4, 0.5) is 23.3 Å². The van der Waals surface area contributed by atoms with Gasteiger partial charge >= 0.3 is 0 Å². The first-order chi connectivity index (χ1) is 22.5. The second kappa shape index (κ2) is 14.7. The molecule has 2 aromatic carbocycles. The molecule has 14 heteroatoms. The number of aromatic nitrogens is 4. The van der Waals surface area contributed by atoms with Gasteiger partial charge in [-0.15, -0.1) is 0 Å². The third-order valence-corrected chi connectivity index (χ3v) is 10.8. The number of hydrogen-bond acceptors (Lipinski definition) is 11. The van der Waals surface area contributed by atoms with E-state index in [1.165, 1.54) is 4.52 Å². The van der Waals surface area contributed by atoms with Crippen molar-refractivity contribution in [2.45, 2.75) is 75.0 Å². The van der Waals surface area contributed by atoms with E-state index in [2.05, 4.69) is 25.7 Å². The van der Waals surface area contributed by atoms with Crippen LogP contribution in [0.25, 0.3) is 5.65 Å². The number of aliphatic hydroxyl groups is 2. The molecule has 0 radical (unpaired) electrons. The molecule has 1 atom stereocenters. The summed E-state index contributed by atoms with van der Waals surface area (Å²) < 4.78 is 33.4. The van der Waals surface area contributed by atoms with Crippen molar-refractivity contribution < 1.29 is 28.2 Å². The molecule has 0 spiro atoms. The zero-order valence-electron chi connectivity index (χ0n) is 27.2. The van der Waals surface area contributed by atoms with Gasteiger partial charge in [-0.1, -0.05) is 12.1 Å². The lowest BCUT2D eigenvalue weighted by Gasteiger charge is -2.33. The fourth-order valence-electron chi connectivity index (χ4n) is 5.86. The summed E-state index contributed by atoms with van der Waals surface area (Å²) in [5.74, 6) is 1.51. The third kappa shape index (κ3) is 7.66. The SMILES string of the molecule is COc1cc(C2CCN(C(=O)CCC[C@@H](O)CO)CC2)c(C)cc1Nc1nc(Nc2ccccc2S(=O)(=O)C(C)C)n2nccc2n1. The van der Waals surface area contributed by atoms with Crippen LogP contribution >= 0.6 is 0 Å². The van der Waals surface area contributed by atoms with Crippen LogP contribution in [0.1, 0.15) is 63.0 Å². The van der Waals surface area contributed by atoms with Crippen molar-refractivity contribution in [3.63, 3.8) is 0 Å². The number of benzene rings is 2. The fourth-order valence-corrected chi connectivity index (χ4v) is 7.07. The number of rotatable bonds is 13. The van der Waals surface area contributed by atoms with E-state index in [9.17, 15) is 18.3 Å². The van der Waals surface area contributed by atoms with Crippen LogP contribution in [0.3, 0.4) is 0 Å². The number of piperidine rings is 1. The number of anilines is 4. The molecule has 13 nitrogen and oxygen atoms in total. The molecule has 1 amide bonds. The first-order valence-corrected chi connectivity index (χ1v) is 17.4. The number of hydrogen-bond donors (Lipinski definition) is 4. The van der Waals surface area contributed by atoms with Crippen molar-refractivity contribution in [2.24, 2.45) is 0 Å². The Balaban J connectivity index is 1.34. The third-order valence-electron chi connectivity index (χ3n) is 8.58. The van der Waals surface area contributed by atoms with Crippen LogP contribution in [0.5, 0.6) is 5.75 Å². The van der Waals surface area contributed by atoms with E-state index in [0.29, 0.717) is 55.1 Å². The number of carbonyl (C=O) groups excluding carboxylic acids is 1. The average Bonchev–Trinajstić information content (AvgIpc) is 3.54. The van der Waals surface area contributed by atoms with E-state index in [0.717, 1.165) is 24.0 Å². The van der Waals surface area contributed by atoms with Crippen LogP contribution in [0.15, 0.2) is 53.6 Å². The van der Waals surface area contributed by atoms with Gasteiger partial charge in [-0.25, -0.2) is 8.42 Å². The second-order valence-electron chi connectivity index (χ2n) is 12.1. The van der Waals surface area contributed by atoms with Gasteiger partial charge in [0, 0.05) is 25.6 Å². The molecule has 4 aromatic rings. The van der Waals surface area contributed by atoms with Gasteiger partial charge in [0.1, 0.15) is 5.75 Å². The molecule has 0 saturated carbocycles. The number of methoxy groups -OCH3 is 1. The van der Waals surface area contributed by atoms with E-state index >= 15 is 0 Å². The van der Waals surface area contributed by atoms with Crippen molar-refractivity contribution in [3.8, 4) is 5.75 Å². The van der Waals surface area contributed by atoms with Crippen LogP contribution in [0, 0.1) is 6.92 Å². The zero-order valence-corrected chi connectivity index (χ0v) is 28.0. The summed E-state index contributed by atoms with van der Waals surface area (Å²) >= 11 is 0. The first-order valence-electron chi connectivity index (χ1n) is 15.9. The van der Waals surface area contributed by atoms with Crippen LogP contribution < -0.4 is 15.4 Å². The molecule has 0 unspecified atom stereocenters. The Morgan fingerprint density at radius 3 is 2.53 bits per heavy atom. The number of aryl methyl sites for hydroxylation is 1. The molecule has 1 aliphatic heterocycles. The van der Waals surface area contributed by atoms with E-state index in [4.69, 9.17) is 9.84 Å². The minimum Gasteiger partial charge on any atom is -0.495 e. The van der Waals surface area contributed by atoms with Gasteiger partial charge in [0.05, 0.1) is 47.5 Å². The predicted octanol–water partition coefficient (Wildman–Crippen LogP) is 4.34. The number of nitrogens with zero attached hydrogens (tertiary/aromatic N) is 5. The number of aliphatic hydroxyl groups excluding tert-OH is 2. The standard InChI is InChI=1S/C33H43N7O6S/c1-21(2)47(44,45)29-10-6-5-9-26(29)36-33-38-32(37-30-12-15-34-40(30)33)35-27-18-22(3)25(19-28(27)46-4)23-13-16-39(17-14-23)31(43)11-7-8-24(42)20-41/h5-6,9-10,12,15,18-19,21,23-24,41-42H,7-8,11,13-14,16-17,20H2,1-4H3,(H2,35,36,37,38)/t24-/m1/s1. The Kier molecular flexibility index (Phi) is 10.6. The van der Waals surface area contributed by atoms with Crippen molar-refractivity contribution in [1.29, 1.82) is 0 Å². The average molecular weight is 666 g/mol. The maximum Gasteiger partial charge on any atom is 0.233 e. The predicted molar refractivity (Wildman–Crippen MR) is 179 cm³/mol. The van der Waals surface area contributed by atoms with E-state index in [-0.39, 0.29) is 35.2 Å². The summed E-state index contributed by atoms with van der Waals surface area (Å²) in [6.07, 6.45) is 3.79. The van der Waals surface area contributed by atoms with Gasteiger partial charge in [0.15, 0.2) is 15.5 Å². The highest BCUT2D eigenvalue weighted by atomic mass is 32.2. The van der Waals surface area contributed by atoms with Crippen molar-refractivity contribution in [3.05, 3.63) is 59.8 Å². The summed E-state index contributed by atoms with van der Waals surface area (Å²) in [7, 11) is -1.97. The molecule has 3 heterocycles. The molecule has 47 heavy (non-hydrogen) atoms. The lowest BCUT2D eigenvalue weighted by Crippen LogP contribution is -2.38. The molecule has 2 aromatic heterocycles. The number of nitrogens with one attached hydrogen (secondary N) is 2. The molecule has 0 aliphatic carbocycles. The quantitative estimate of drug-likeness (QED) is 0.160. The van der Waals surface area contributed by atoms with Gasteiger partial charge in [-0.3, -0.25) is 4.79 Å². The Morgan fingerprint density at radius 2 is 1.83 bits per heavy atom. The molecule has 1 fully saturated rings. The number of fused-ring (bicyclic) bond motifs is 1. The number of carbonyl (C=O) groups is 1. The number of amides is 1. The topological polar surface area (TPSA) is 171 Å². The Morgan fingerprint density at radius 1 is 1.09 bits per heavy atom. The van der Waals surface area contributed by atoms with Crippen LogP contribution in [0.2, 0.25) is 0 Å². The van der Waals surface area contributed by atoms with Crippen LogP contribution in [-0.4, -0.2) is 87.2 Å². The summed E-state index contributed by atoms with van der Waals surface area (Å²) in [6.45, 7) is 6.36. The molecule has 5 rings (SSSR count).